The third kappa shape index (κ3) is 3.61. The Kier molecular flexibility index (Phi) is 5.31. The number of nitrogens with one attached hydrogen (secondary N) is 2. The topological polar surface area (TPSA) is 169 Å². The van der Waals surface area contributed by atoms with E-state index in [0.29, 0.717) is 5.69 Å². The van der Waals surface area contributed by atoms with Gasteiger partial charge in [-0.3, -0.25) is 4.79 Å². The van der Waals surface area contributed by atoms with Crippen LogP contribution in [0.2, 0.25) is 0 Å². The lowest BCUT2D eigenvalue weighted by atomic mass is 10.2. The van der Waals surface area contributed by atoms with Crippen molar-refractivity contribution in [1.29, 1.82) is 10.5 Å². The molecule has 0 unspecified atom stereocenters. The zero-order chi connectivity index (χ0) is 22.1. The Morgan fingerprint density at radius 3 is 2.60 bits per heavy atom. The average molecular weight is 429 g/mol. The Balaban J connectivity index is 1.83. The summed E-state index contributed by atoms with van der Waals surface area (Å²) in [5.41, 5.74) is -0.644. The van der Waals surface area contributed by atoms with E-state index in [2.05, 4.69) is 20.8 Å². The molecular weight excluding hydrogens is 417 g/mol. The minimum absolute atomic E-state index is 0.0764. The van der Waals surface area contributed by atoms with Gasteiger partial charge in [-0.15, -0.1) is 5.10 Å². The van der Waals surface area contributed by atoms with Crippen LogP contribution in [-0.4, -0.2) is 41.4 Å². The number of carbonyl (C=O) groups is 2. The van der Waals surface area contributed by atoms with Crippen LogP contribution in [0.1, 0.15) is 29.9 Å². The smallest absolute Gasteiger partial charge is 0.336 e. The summed E-state index contributed by atoms with van der Waals surface area (Å²) in [4.78, 5) is 23.9. The van der Waals surface area contributed by atoms with Crippen molar-refractivity contribution in [2.24, 2.45) is 0 Å². The van der Waals surface area contributed by atoms with Crippen LogP contribution >= 0.6 is 0 Å². The van der Waals surface area contributed by atoms with Crippen LogP contribution in [0.3, 0.4) is 0 Å². The van der Waals surface area contributed by atoms with Gasteiger partial charge in [0.25, 0.3) is 10.0 Å². The minimum atomic E-state index is -4.67. The molecular formula is C17H12FN7O4S. The van der Waals surface area contributed by atoms with Gasteiger partial charge in [-0.25, -0.2) is 21.9 Å². The fraction of sp³-hybridized carbons (Fsp3) is 0.176. The molecule has 0 aliphatic carbocycles. The Hall–Kier alpha value is -4.10. The number of carbonyl (C=O) groups excluding carboxylic acids is 2. The van der Waals surface area contributed by atoms with Crippen molar-refractivity contribution in [1.82, 2.24) is 19.8 Å². The molecule has 0 saturated heterocycles. The second-order valence-electron chi connectivity index (χ2n) is 6.10. The highest BCUT2D eigenvalue weighted by Crippen LogP contribution is 2.33. The van der Waals surface area contributed by atoms with Crippen molar-refractivity contribution in [3.63, 3.8) is 0 Å². The number of nitriles is 2. The predicted molar refractivity (Wildman–Crippen MR) is 97.3 cm³/mol. The lowest BCUT2D eigenvalue weighted by Gasteiger charge is -2.29. The third-order valence-electron chi connectivity index (χ3n) is 4.14. The highest BCUT2D eigenvalue weighted by molar-refractivity contribution is 7.90. The molecule has 1 aliphatic rings. The summed E-state index contributed by atoms with van der Waals surface area (Å²) in [5, 5.41) is 29.9. The van der Waals surface area contributed by atoms with Crippen LogP contribution in [0.5, 0.6) is 0 Å². The number of benzene rings is 1. The number of halogens is 1. The first-order valence-electron chi connectivity index (χ1n) is 8.28. The number of hydrogen-bond donors (Lipinski definition) is 2. The van der Waals surface area contributed by atoms with Crippen LogP contribution < -0.4 is 10.6 Å². The average Bonchev–Trinajstić information content (AvgIpc) is 2.71. The molecule has 1 aliphatic heterocycles. The molecule has 0 spiro atoms. The van der Waals surface area contributed by atoms with Crippen molar-refractivity contribution in [2.45, 2.75) is 17.9 Å². The van der Waals surface area contributed by atoms with Crippen molar-refractivity contribution >= 4 is 27.6 Å². The molecule has 11 nitrogen and oxygen atoms in total. The van der Waals surface area contributed by atoms with Crippen LogP contribution in [0, 0.1) is 28.5 Å². The van der Waals surface area contributed by atoms with Gasteiger partial charge in [0.2, 0.25) is 5.91 Å². The highest BCUT2D eigenvalue weighted by Gasteiger charge is 2.40. The maximum absolute atomic E-state index is 13.9. The molecule has 0 fully saturated rings. The Morgan fingerprint density at radius 2 is 2.00 bits per heavy atom. The van der Waals surface area contributed by atoms with E-state index >= 15 is 0 Å². The minimum Gasteiger partial charge on any atom is -0.346 e. The molecule has 13 heteroatoms. The Bertz CT molecular complexity index is 1230. The summed E-state index contributed by atoms with van der Waals surface area (Å²) in [6.45, 7) is 0.625. The van der Waals surface area contributed by atoms with Crippen LogP contribution in [0.15, 0.2) is 29.2 Å². The second kappa shape index (κ2) is 7.73. The maximum atomic E-state index is 13.9. The zero-order valence-electron chi connectivity index (χ0n) is 15.2. The van der Waals surface area contributed by atoms with Gasteiger partial charge in [0.05, 0.1) is 17.4 Å². The van der Waals surface area contributed by atoms with E-state index in [9.17, 15) is 22.4 Å². The normalized spacial score (nSPS) is 15.2. The monoisotopic (exact) mass is 429 g/mol. The molecule has 3 amide bonds. The quantitative estimate of drug-likeness (QED) is 0.718. The first kappa shape index (κ1) is 20.6. The van der Waals surface area contributed by atoms with Crippen molar-refractivity contribution in [2.75, 3.05) is 11.9 Å². The molecule has 0 radical (unpaired) electrons. The van der Waals surface area contributed by atoms with Gasteiger partial charge in [0, 0.05) is 0 Å². The molecule has 2 heterocycles. The van der Waals surface area contributed by atoms with Crippen LogP contribution in [-0.2, 0) is 14.8 Å². The number of urea groups is 1. The molecule has 2 N–H and O–H groups in total. The molecule has 0 bridgehead atoms. The van der Waals surface area contributed by atoms with E-state index in [4.69, 9.17) is 10.5 Å². The Labute approximate surface area is 169 Å². The largest absolute Gasteiger partial charge is 0.346 e. The number of nitrogens with zero attached hydrogens (tertiary/aromatic N) is 5. The molecule has 1 aromatic heterocycles. The summed E-state index contributed by atoms with van der Waals surface area (Å²) in [5.74, 6) is -1.93. The van der Waals surface area contributed by atoms with Gasteiger partial charge < -0.3 is 10.6 Å². The lowest BCUT2D eigenvalue weighted by Crippen LogP contribution is -2.49. The molecule has 1 atom stereocenters. The lowest BCUT2D eigenvalue weighted by molar-refractivity contribution is -0.121. The van der Waals surface area contributed by atoms with Gasteiger partial charge in [0.1, 0.15) is 35.0 Å². The van der Waals surface area contributed by atoms with E-state index in [1.165, 1.54) is 25.1 Å². The molecule has 1 aromatic carbocycles. The first-order chi connectivity index (χ1) is 14.2. The first-order valence-corrected chi connectivity index (χ1v) is 9.72. The van der Waals surface area contributed by atoms with E-state index in [1.54, 1.807) is 6.07 Å². The Morgan fingerprint density at radius 1 is 1.27 bits per heavy atom. The van der Waals surface area contributed by atoms with Gasteiger partial charge in [-0.1, -0.05) is 0 Å². The molecule has 0 saturated carbocycles. The maximum Gasteiger partial charge on any atom is 0.336 e. The van der Waals surface area contributed by atoms with Gasteiger partial charge in [-0.05, 0) is 31.2 Å². The number of fused-ring (bicyclic) bond motifs is 1. The van der Waals surface area contributed by atoms with Crippen molar-refractivity contribution < 1.29 is 22.4 Å². The van der Waals surface area contributed by atoms with E-state index in [0.717, 1.165) is 12.1 Å². The molecule has 3 rings (SSSR count). The highest BCUT2D eigenvalue weighted by atomic mass is 32.2. The predicted octanol–water partition coefficient (Wildman–Crippen LogP) is 0.773. The van der Waals surface area contributed by atoms with Crippen LogP contribution in [0.4, 0.5) is 14.9 Å². The number of amides is 3. The molecule has 30 heavy (non-hydrogen) atoms. The van der Waals surface area contributed by atoms with E-state index < -0.39 is 50.8 Å². The van der Waals surface area contributed by atoms with E-state index in [-0.39, 0.29) is 15.7 Å². The van der Waals surface area contributed by atoms with Crippen molar-refractivity contribution in [3.05, 3.63) is 47.0 Å². The standard InChI is InChI=1S/C17H12FN7O4S/c1-9(13-4-2-10(6-19)23-24-13)21-15(26)8-25-17(27)22-14-5-3-12(18)11(7-20)16(14)30(25,28)29/h2-5,9H,8H2,1H3,(H,21,26)(H,22,27)/t9-/m0/s1. The van der Waals surface area contributed by atoms with Gasteiger partial charge in [0.15, 0.2) is 5.69 Å². The SMILES string of the molecule is C[C@H](NC(=O)CN1C(=O)Nc2ccc(F)c(C#N)c2S1(=O)=O)c1ccc(C#N)nn1. The van der Waals surface area contributed by atoms with E-state index in [1.807, 2.05) is 0 Å². The fourth-order valence-electron chi connectivity index (χ4n) is 2.71. The zero-order valence-corrected chi connectivity index (χ0v) is 16.1. The summed E-state index contributed by atoms with van der Waals surface area (Å²) in [6.07, 6.45) is 0. The van der Waals surface area contributed by atoms with Gasteiger partial charge >= 0.3 is 6.03 Å². The number of sulfonamides is 1. The number of aromatic nitrogens is 2. The summed E-state index contributed by atoms with van der Waals surface area (Å²) in [7, 11) is -4.67. The number of rotatable bonds is 4. The third-order valence-corrected chi connectivity index (χ3v) is 5.96. The number of hydrogen-bond acceptors (Lipinski definition) is 8. The molecule has 2 aromatic rings. The van der Waals surface area contributed by atoms with Gasteiger partial charge in [-0.2, -0.15) is 15.6 Å². The summed E-state index contributed by atoms with van der Waals surface area (Å²) in [6, 6.07) is 6.14. The fourth-order valence-corrected chi connectivity index (χ4v) is 4.28. The summed E-state index contributed by atoms with van der Waals surface area (Å²) >= 11 is 0. The van der Waals surface area contributed by atoms with Crippen molar-refractivity contribution in [3.8, 4) is 12.1 Å². The second-order valence-corrected chi connectivity index (χ2v) is 7.90. The molecule has 152 valence electrons. The number of anilines is 1. The summed E-state index contributed by atoms with van der Waals surface area (Å²) < 4.78 is 39.7. The van der Waals surface area contributed by atoms with Crippen LogP contribution in [0.25, 0.3) is 0 Å².